The van der Waals surface area contributed by atoms with Gasteiger partial charge in [0.1, 0.15) is 23.5 Å². The molecule has 0 radical (unpaired) electrons. The molecule has 0 amide bonds. The molecule has 1 spiro atoms. The lowest BCUT2D eigenvalue weighted by molar-refractivity contribution is 0.0231. The molecule has 5 nitrogen and oxygen atoms in total. The van der Waals surface area contributed by atoms with Gasteiger partial charge in [-0.2, -0.15) is 0 Å². The van der Waals surface area contributed by atoms with Crippen LogP contribution in [0.1, 0.15) is 29.6 Å². The van der Waals surface area contributed by atoms with Crippen LogP contribution < -0.4 is 9.64 Å². The SMILES string of the molecule is O=C1CC2(CCN(c3cc(-c4ccccc4)ncn3)CC2)Oc2ccccc21. The van der Waals surface area contributed by atoms with Crippen molar-refractivity contribution < 1.29 is 9.53 Å². The second-order valence-electron chi connectivity index (χ2n) is 7.50. The predicted octanol–water partition coefficient (Wildman–Crippen LogP) is 4.15. The van der Waals surface area contributed by atoms with Crippen molar-refractivity contribution in [2.24, 2.45) is 0 Å². The number of rotatable bonds is 2. The third-order valence-corrected chi connectivity index (χ3v) is 5.72. The van der Waals surface area contributed by atoms with Crippen LogP contribution in [0.25, 0.3) is 11.3 Å². The number of Topliss-reactive ketones (excluding diaryl/α,β-unsaturated/α-hetero) is 1. The summed E-state index contributed by atoms with van der Waals surface area (Å²) in [4.78, 5) is 23.8. The first-order valence-electron chi connectivity index (χ1n) is 9.66. The molecule has 5 heteroatoms. The number of carbonyl (C=O) groups excluding carboxylic acids is 1. The van der Waals surface area contributed by atoms with E-state index in [0.717, 1.165) is 48.8 Å². The van der Waals surface area contributed by atoms with E-state index in [1.165, 1.54) is 0 Å². The molecular formula is C23H21N3O2. The second-order valence-corrected chi connectivity index (χ2v) is 7.50. The van der Waals surface area contributed by atoms with E-state index in [1.54, 1.807) is 6.33 Å². The summed E-state index contributed by atoms with van der Waals surface area (Å²) in [5, 5.41) is 0. The molecule has 5 rings (SSSR count). The summed E-state index contributed by atoms with van der Waals surface area (Å²) in [5.41, 5.74) is 2.32. The number of piperidine rings is 1. The lowest BCUT2D eigenvalue weighted by Crippen LogP contribution is -2.51. The normalized spacial score (nSPS) is 17.9. The number of fused-ring (bicyclic) bond motifs is 1. The van der Waals surface area contributed by atoms with E-state index < -0.39 is 5.60 Å². The Labute approximate surface area is 164 Å². The number of hydrogen-bond acceptors (Lipinski definition) is 5. The zero-order valence-electron chi connectivity index (χ0n) is 15.5. The lowest BCUT2D eigenvalue weighted by atomic mass is 9.82. The Morgan fingerprint density at radius 2 is 1.68 bits per heavy atom. The van der Waals surface area contributed by atoms with Gasteiger partial charge in [0.25, 0.3) is 0 Å². The molecule has 140 valence electrons. The van der Waals surface area contributed by atoms with Gasteiger partial charge in [0, 0.05) is 37.6 Å². The summed E-state index contributed by atoms with van der Waals surface area (Å²) in [6.07, 6.45) is 3.69. The molecule has 1 aromatic heterocycles. The Hall–Kier alpha value is -3.21. The van der Waals surface area contributed by atoms with Gasteiger partial charge in [-0.3, -0.25) is 4.79 Å². The maximum absolute atomic E-state index is 12.6. The van der Waals surface area contributed by atoms with Crippen molar-refractivity contribution in [3.8, 4) is 17.0 Å². The molecule has 0 saturated carbocycles. The molecule has 2 aliphatic heterocycles. The fourth-order valence-electron chi connectivity index (χ4n) is 4.15. The van der Waals surface area contributed by atoms with Crippen molar-refractivity contribution in [3.63, 3.8) is 0 Å². The van der Waals surface area contributed by atoms with E-state index in [0.29, 0.717) is 12.0 Å². The Morgan fingerprint density at radius 3 is 2.50 bits per heavy atom. The number of ether oxygens (including phenoxy) is 1. The van der Waals surface area contributed by atoms with Crippen LogP contribution in [0.5, 0.6) is 5.75 Å². The average molecular weight is 371 g/mol. The third-order valence-electron chi connectivity index (χ3n) is 5.72. The molecule has 0 bridgehead atoms. The van der Waals surface area contributed by atoms with Crippen LogP contribution in [0.3, 0.4) is 0 Å². The van der Waals surface area contributed by atoms with Crippen LogP contribution in [-0.2, 0) is 0 Å². The van der Waals surface area contributed by atoms with Crippen LogP contribution in [0.2, 0.25) is 0 Å². The first-order chi connectivity index (χ1) is 13.7. The van der Waals surface area contributed by atoms with Crippen molar-refractivity contribution in [2.45, 2.75) is 24.9 Å². The van der Waals surface area contributed by atoms with E-state index in [4.69, 9.17) is 4.74 Å². The zero-order chi connectivity index (χ0) is 19.0. The molecule has 0 N–H and O–H groups in total. The smallest absolute Gasteiger partial charge is 0.170 e. The van der Waals surface area contributed by atoms with E-state index in [9.17, 15) is 4.79 Å². The molecule has 28 heavy (non-hydrogen) atoms. The van der Waals surface area contributed by atoms with Crippen molar-refractivity contribution in [2.75, 3.05) is 18.0 Å². The van der Waals surface area contributed by atoms with Crippen LogP contribution in [0.15, 0.2) is 67.0 Å². The van der Waals surface area contributed by atoms with E-state index in [-0.39, 0.29) is 5.78 Å². The zero-order valence-corrected chi connectivity index (χ0v) is 15.5. The molecule has 3 aromatic rings. The summed E-state index contributed by atoms with van der Waals surface area (Å²) >= 11 is 0. The minimum Gasteiger partial charge on any atom is -0.486 e. The van der Waals surface area contributed by atoms with Crippen molar-refractivity contribution >= 4 is 11.6 Å². The molecule has 0 unspecified atom stereocenters. The fraction of sp³-hybridized carbons (Fsp3) is 0.261. The lowest BCUT2D eigenvalue weighted by Gasteiger charge is -2.44. The average Bonchev–Trinajstić information content (AvgIpc) is 2.75. The number of anilines is 1. The van der Waals surface area contributed by atoms with E-state index >= 15 is 0 Å². The number of ketones is 1. The third kappa shape index (κ3) is 3.03. The first-order valence-corrected chi connectivity index (χ1v) is 9.66. The summed E-state index contributed by atoms with van der Waals surface area (Å²) in [6.45, 7) is 1.61. The maximum atomic E-state index is 12.6. The van der Waals surface area contributed by atoms with Gasteiger partial charge in [-0.15, -0.1) is 0 Å². The van der Waals surface area contributed by atoms with Crippen molar-refractivity contribution in [1.29, 1.82) is 0 Å². The largest absolute Gasteiger partial charge is 0.486 e. The van der Waals surface area contributed by atoms with Crippen LogP contribution in [0.4, 0.5) is 5.82 Å². The summed E-state index contributed by atoms with van der Waals surface area (Å²) < 4.78 is 6.33. The van der Waals surface area contributed by atoms with Gasteiger partial charge < -0.3 is 9.64 Å². The highest BCUT2D eigenvalue weighted by Crippen LogP contribution is 2.39. The Bertz CT molecular complexity index is 1010. The Balaban J connectivity index is 1.34. The van der Waals surface area contributed by atoms with E-state index in [1.807, 2.05) is 48.5 Å². The monoisotopic (exact) mass is 371 g/mol. The summed E-state index contributed by atoms with van der Waals surface area (Å²) in [6, 6.07) is 19.7. The predicted molar refractivity (Wildman–Crippen MR) is 108 cm³/mol. The van der Waals surface area contributed by atoms with Gasteiger partial charge in [0.05, 0.1) is 17.7 Å². The number of para-hydroxylation sites is 1. The van der Waals surface area contributed by atoms with Gasteiger partial charge in [0.15, 0.2) is 5.78 Å². The maximum Gasteiger partial charge on any atom is 0.170 e. The molecule has 2 aromatic carbocycles. The number of aromatic nitrogens is 2. The minimum atomic E-state index is -0.392. The van der Waals surface area contributed by atoms with Gasteiger partial charge >= 0.3 is 0 Å². The standard InChI is InChI=1S/C23H21N3O2/c27-20-15-23(28-21-9-5-4-8-18(20)21)10-12-26(13-11-23)22-14-19(24-16-25-22)17-6-2-1-3-7-17/h1-9,14,16H,10-13,15H2. The molecule has 3 heterocycles. The second kappa shape index (κ2) is 6.75. The van der Waals surface area contributed by atoms with Crippen molar-refractivity contribution in [3.05, 3.63) is 72.6 Å². The molecule has 1 fully saturated rings. The van der Waals surface area contributed by atoms with Gasteiger partial charge in [-0.25, -0.2) is 9.97 Å². The highest BCUT2D eigenvalue weighted by Gasteiger charge is 2.43. The molecule has 2 aliphatic rings. The summed E-state index contributed by atoms with van der Waals surface area (Å²) in [5.74, 6) is 1.83. The number of carbonyl (C=O) groups is 1. The molecular weight excluding hydrogens is 350 g/mol. The highest BCUT2D eigenvalue weighted by molar-refractivity contribution is 6.00. The Kier molecular flexibility index (Phi) is 4.08. The number of nitrogens with zero attached hydrogens (tertiary/aromatic N) is 3. The first kappa shape index (κ1) is 16.9. The van der Waals surface area contributed by atoms with E-state index in [2.05, 4.69) is 27.0 Å². The van der Waals surface area contributed by atoms with Gasteiger partial charge in [-0.05, 0) is 12.1 Å². The molecule has 0 aliphatic carbocycles. The Morgan fingerprint density at radius 1 is 0.929 bits per heavy atom. The quantitative estimate of drug-likeness (QED) is 0.677. The number of benzene rings is 2. The van der Waals surface area contributed by atoms with Crippen LogP contribution >= 0.6 is 0 Å². The van der Waals surface area contributed by atoms with Crippen LogP contribution in [-0.4, -0.2) is 34.4 Å². The topological polar surface area (TPSA) is 55.3 Å². The fourth-order valence-corrected chi connectivity index (χ4v) is 4.15. The summed E-state index contributed by atoms with van der Waals surface area (Å²) in [7, 11) is 0. The number of hydrogen-bond donors (Lipinski definition) is 0. The minimum absolute atomic E-state index is 0.184. The molecule has 1 saturated heterocycles. The molecule has 0 atom stereocenters. The van der Waals surface area contributed by atoms with Crippen molar-refractivity contribution in [1.82, 2.24) is 9.97 Å². The van der Waals surface area contributed by atoms with Gasteiger partial charge in [-0.1, -0.05) is 42.5 Å². The highest BCUT2D eigenvalue weighted by atomic mass is 16.5. The van der Waals surface area contributed by atoms with Gasteiger partial charge in [0.2, 0.25) is 0 Å². The van der Waals surface area contributed by atoms with Crippen LogP contribution in [0, 0.1) is 0 Å².